The molecule has 1 aliphatic rings. The van der Waals surface area contributed by atoms with Gasteiger partial charge >= 0.3 is 0 Å². The van der Waals surface area contributed by atoms with E-state index in [9.17, 15) is 18.4 Å². The number of nitrogen functional groups attached to an aromatic ring is 1. The lowest BCUT2D eigenvalue weighted by Gasteiger charge is -2.21. The summed E-state index contributed by atoms with van der Waals surface area (Å²) in [5, 5.41) is 6.30. The van der Waals surface area contributed by atoms with Crippen LogP contribution in [0.15, 0.2) is 42.5 Å². The summed E-state index contributed by atoms with van der Waals surface area (Å²) in [7, 11) is 0. The van der Waals surface area contributed by atoms with Gasteiger partial charge in [-0.2, -0.15) is 0 Å². The Hall–Kier alpha value is -3.37. The summed E-state index contributed by atoms with van der Waals surface area (Å²) in [6.07, 6.45) is 2.41. The minimum absolute atomic E-state index is 0.0388. The second-order valence-electron chi connectivity index (χ2n) is 8.24. The third kappa shape index (κ3) is 5.40. The van der Waals surface area contributed by atoms with Crippen molar-refractivity contribution in [2.24, 2.45) is 0 Å². The van der Waals surface area contributed by atoms with Crippen LogP contribution in [0.25, 0.3) is 0 Å². The van der Waals surface area contributed by atoms with Gasteiger partial charge in [-0.15, -0.1) is 0 Å². The molecule has 1 amide bonds. The zero-order valence-electron chi connectivity index (χ0n) is 18.6. The molecule has 1 aliphatic heterocycles. The average Bonchev–Trinajstić information content (AvgIpc) is 3.43. The lowest BCUT2D eigenvalue weighted by atomic mass is 10.1. The summed E-state index contributed by atoms with van der Waals surface area (Å²) in [6.45, 7) is 4.97. The van der Waals surface area contributed by atoms with Crippen LogP contribution >= 0.6 is 11.3 Å². The molecule has 1 aromatic heterocycles. The number of ketones is 1. The third-order valence-corrected chi connectivity index (χ3v) is 6.54. The Labute approximate surface area is 200 Å². The van der Waals surface area contributed by atoms with Gasteiger partial charge in [-0.1, -0.05) is 17.4 Å². The highest BCUT2D eigenvalue weighted by Gasteiger charge is 2.24. The first-order valence-corrected chi connectivity index (χ1v) is 11.8. The molecule has 0 aliphatic carbocycles. The number of thiazole rings is 1. The van der Waals surface area contributed by atoms with Crippen molar-refractivity contribution in [1.82, 2.24) is 15.2 Å². The van der Waals surface area contributed by atoms with Gasteiger partial charge < -0.3 is 21.3 Å². The fourth-order valence-electron chi connectivity index (χ4n) is 3.91. The zero-order valence-corrected chi connectivity index (χ0v) is 19.4. The predicted molar refractivity (Wildman–Crippen MR) is 129 cm³/mol. The second-order valence-corrected chi connectivity index (χ2v) is 9.24. The van der Waals surface area contributed by atoms with Crippen LogP contribution < -0.4 is 16.4 Å². The Morgan fingerprint density at radius 1 is 1.12 bits per heavy atom. The molecular weight excluding hydrogens is 460 g/mol. The molecule has 4 N–H and O–H groups in total. The van der Waals surface area contributed by atoms with Gasteiger partial charge in [-0.05, 0) is 69.3 Å². The Kier molecular flexibility index (Phi) is 7.18. The molecule has 7 nitrogen and oxygen atoms in total. The Morgan fingerprint density at radius 2 is 1.76 bits per heavy atom. The molecule has 2 heterocycles. The van der Waals surface area contributed by atoms with E-state index in [0.717, 1.165) is 43.1 Å². The summed E-state index contributed by atoms with van der Waals surface area (Å²) < 4.78 is 28.0. The summed E-state index contributed by atoms with van der Waals surface area (Å²) >= 11 is 0.895. The van der Waals surface area contributed by atoms with Crippen molar-refractivity contribution in [3.8, 4) is 0 Å². The molecule has 1 fully saturated rings. The Bertz CT molecular complexity index is 1170. The van der Waals surface area contributed by atoms with E-state index >= 15 is 0 Å². The van der Waals surface area contributed by atoms with Crippen LogP contribution in [0.5, 0.6) is 0 Å². The molecule has 0 spiro atoms. The molecular formula is C24H25F2N5O2S. The third-order valence-electron chi connectivity index (χ3n) is 5.56. The van der Waals surface area contributed by atoms with Gasteiger partial charge in [0.15, 0.2) is 5.13 Å². The number of carbonyl (C=O) groups is 2. The quantitative estimate of drug-likeness (QED) is 0.414. The van der Waals surface area contributed by atoms with Gasteiger partial charge in [0, 0.05) is 23.8 Å². The van der Waals surface area contributed by atoms with Gasteiger partial charge in [-0.25, -0.2) is 13.8 Å². The molecule has 3 aromatic rings. The van der Waals surface area contributed by atoms with E-state index < -0.39 is 23.0 Å². The summed E-state index contributed by atoms with van der Waals surface area (Å²) in [5.41, 5.74) is 6.31. The van der Waals surface area contributed by atoms with Crippen LogP contribution in [-0.4, -0.2) is 47.3 Å². The number of nitrogens with zero attached hydrogens (tertiary/aromatic N) is 2. The number of carbonyl (C=O) groups excluding carboxylic acids is 2. The number of halogens is 2. The number of benzene rings is 2. The maximum atomic E-state index is 14.0. The summed E-state index contributed by atoms with van der Waals surface area (Å²) in [5.74, 6) is -3.07. The maximum absolute atomic E-state index is 14.0. The van der Waals surface area contributed by atoms with Gasteiger partial charge in [0.25, 0.3) is 5.91 Å². The number of nitrogens with one attached hydrogen (secondary N) is 2. The molecule has 0 saturated carbocycles. The molecule has 4 rings (SSSR count). The smallest absolute Gasteiger partial charge is 0.251 e. The molecule has 10 heteroatoms. The summed E-state index contributed by atoms with van der Waals surface area (Å²) in [4.78, 5) is 31.5. The molecule has 0 unspecified atom stereocenters. The Balaban J connectivity index is 1.40. The van der Waals surface area contributed by atoms with Crippen LogP contribution in [0.2, 0.25) is 0 Å². The summed E-state index contributed by atoms with van der Waals surface area (Å²) in [6, 6.07) is 10.0. The molecule has 178 valence electrons. The van der Waals surface area contributed by atoms with Crippen LogP contribution in [0, 0.1) is 11.6 Å². The van der Waals surface area contributed by atoms with Crippen LogP contribution in [0.4, 0.5) is 25.4 Å². The fraction of sp³-hybridized carbons (Fsp3) is 0.292. The lowest BCUT2D eigenvalue weighted by Crippen LogP contribution is -2.41. The Morgan fingerprint density at radius 3 is 2.41 bits per heavy atom. The van der Waals surface area contributed by atoms with E-state index in [-0.39, 0.29) is 27.8 Å². The zero-order chi connectivity index (χ0) is 24.2. The van der Waals surface area contributed by atoms with Crippen molar-refractivity contribution < 1.29 is 18.4 Å². The van der Waals surface area contributed by atoms with Gasteiger partial charge in [0.05, 0.1) is 5.56 Å². The van der Waals surface area contributed by atoms with Crippen LogP contribution in [-0.2, 0) is 0 Å². The monoisotopic (exact) mass is 485 g/mol. The normalized spacial score (nSPS) is 14.7. The van der Waals surface area contributed by atoms with Crippen molar-refractivity contribution in [2.75, 3.05) is 30.7 Å². The first-order chi connectivity index (χ1) is 16.3. The molecule has 34 heavy (non-hydrogen) atoms. The van der Waals surface area contributed by atoms with E-state index in [1.807, 2.05) is 6.92 Å². The topological polar surface area (TPSA) is 100 Å². The number of amides is 1. The van der Waals surface area contributed by atoms with E-state index in [4.69, 9.17) is 5.73 Å². The second kappa shape index (κ2) is 10.3. The van der Waals surface area contributed by atoms with E-state index in [2.05, 4.69) is 20.5 Å². The molecule has 2 aromatic carbocycles. The van der Waals surface area contributed by atoms with Gasteiger partial charge in [0.2, 0.25) is 5.78 Å². The van der Waals surface area contributed by atoms with Crippen molar-refractivity contribution >= 4 is 39.7 Å². The van der Waals surface area contributed by atoms with E-state index in [1.54, 1.807) is 24.3 Å². The number of hydrogen-bond donors (Lipinski definition) is 3. The number of rotatable bonds is 8. The van der Waals surface area contributed by atoms with E-state index in [1.165, 1.54) is 18.9 Å². The standard InChI is InChI=1S/C24H25F2N5O2S/c1-14(13-31-11-2-3-12-31)28-23(33)15-7-9-16(10-8-15)29-24-30-22(27)21(34-24)20(32)19-17(25)5-4-6-18(19)26/h4-10,14H,2-3,11-13,27H2,1H3,(H,28,33)(H,29,30)/t14-/m1/s1. The lowest BCUT2D eigenvalue weighted by molar-refractivity contribution is 0.0931. The highest BCUT2D eigenvalue weighted by Crippen LogP contribution is 2.31. The van der Waals surface area contributed by atoms with Crippen molar-refractivity contribution in [3.63, 3.8) is 0 Å². The number of anilines is 3. The van der Waals surface area contributed by atoms with Gasteiger partial charge in [-0.3, -0.25) is 9.59 Å². The number of aromatic nitrogens is 1. The molecule has 0 bridgehead atoms. The average molecular weight is 486 g/mol. The highest BCUT2D eigenvalue weighted by molar-refractivity contribution is 7.18. The molecule has 1 saturated heterocycles. The highest BCUT2D eigenvalue weighted by atomic mass is 32.1. The van der Waals surface area contributed by atoms with Crippen LogP contribution in [0.1, 0.15) is 45.4 Å². The SMILES string of the molecule is C[C@H](CN1CCCC1)NC(=O)c1ccc(Nc2nc(N)c(C(=O)c3c(F)cccc3F)s2)cc1. The molecule has 1 atom stereocenters. The van der Waals surface area contributed by atoms with Gasteiger partial charge in [0.1, 0.15) is 22.3 Å². The number of hydrogen-bond acceptors (Lipinski definition) is 7. The number of likely N-dealkylation sites (tertiary alicyclic amines) is 1. The fourth-order valence-corrected chi connectivity index (χ4v) is 4.76. The predicted octanol–water partition coefficient (Wildman–Crippen LogP) is 4.19. The van der Waals surface area contributed by atoms with Crippen molar-refractivity contribution in [2.45, 2.75) is 25.8 Å². The largest absolute Gasteiger partial charge is 0.382 e. The first kappa shape index (κ1) is 23.8. The van der Waals surface area contributed by atoms with Crippen molar-refractivity contribution in [1.29, 1.82) is 0 Å². The maximum Gasteiger partial charge on any atom is 0.251 e. The molecule has 0 radical (unpaired) electrons. The first-order valence-electron chi connectivity index (χ1n) is 11.0. The van der Waals surface area contributed by atoms with Crippen molar-refractivity contribution in [3.05, 3.63) is 70.1 Å². The van der Waals surface area contributed by atoms with Crippen LogP contribution in [0.3, 0.4) is 0 Å². The minimum Gasteiger partial charge on any atom is -0.382 e. The van der Waals surface area contributed by atoms with E-state index in [0.29, 0.717) is 11.3 Å². The minimum atomic E-state index is -0.962. The number of nitrogens with two attached hydrogens (primary N) is 1.